The minimum absolute atomic E-state index is 0.154. The molecule has 1 heterocycles. The summed E-state index contributed by atoms with van der Waals surface area (Å²) in [6.45, 7) is 0.541. The van der Waals surface area contributed by atoms with Crippen LogP contribution in [-0.4, -0.2) is 29.7 Å². The third kappa shape index (κ3) is 4.33. The number of anilines is 1. The van der Waals surface area contributed by atoms with Crippen LogP contribution in [0.2, 0.25) is 10.0 Å². The summed E-state index contributed by atoms with van der Waals surface area (Å²) >= 11 is 11.7. The summed E-state index contributed by atoms with van der Waals surface area (Å²) in [6, 6.07) is 4.68. The molecule has 0 radical (unpaired) electrons. The maximum Gasteiger partial charge on any atom is 0.309 e. The third-order valence-electron chi connectivity index (χ3n) is 3.34. The van der Waals surface area contributed by atoms with Gasteiger partial charge in [0.2, 0.25) is 5.91 Å². The highest BCUT2D eigenvalue weighted by molar-refractivity contribution is 6.36. The van der Waals surface area contributed by atoms with E-state index in [-0.39, 0.29) is 6.42 Å². The second-order valence-corrected chi connectivity index (χ2v) is 5.72. The first-order chi connectivity index (χ1) is 9.97. The van der Waals surface area contributed by atoms with E-state index in [1.54, 1.807) is 12.1 Å². The number of benzene rings is 1. The molecule has 2 rings (SSSR count). The van der Waals surface area contributed by atoms with Crippen LogP contribution in [0.1, 0.15) is 19.3 Å². The van der Waals surface area contributed by atoms with Crippen LogP contribution in [0.3, 0.4) is 0 Å². The molecule has 1 saturated heterocycles. The Kier molecular flexibility index (Phi) is 5.45. The summed E-state index contributed by atoms with van der Waals surface area (Å²) < 4.78 is 5.36. The molecule has 1 aliphatic rings. The number of halogens is 2. The quantitative estimate of drug-likeness (QED) is 0.868. The zero-order valence-corrected chi connectivity index (χ0v) is 12.7. The molecule has 1 aliphatic heterocycles. The van der Waals surface area contributed by atoms with E-state index in [1.807, 2.05) is 0 Å². The zero-order valence-electron chi connectivity index (χ0n) is 11.1. The first-order valence-electron chi connectivity index (χ1n) is 6.56. The van der Waals surface area contributed by atoms with Crippen LogP contribution in [0, 0.1) is 5.92 Å². The Morgan fingerprint density at radius 1 is 1.43 bits per heavy atom. The average Bonchev–Trinajstić information content (AvgIpc) is 2.92. The number of carboxylic acids is 1. The van der Waals surface area contributed by atoms with E-state index in [1.165, 1.54) is 6.07 Å². The lowest BCUT2D eigenvalue weighted by Gasteiger charge is -2.18. The van der Waals surface area contributed by atoms with Crippen LogP contribution in [-0.2, 0) is 14.3 Å². The van der Waals surface area contributed by atoms with E-state index in [4.69, 9.17) is 27.9 Å². The van der Waals surface area contributed by atoms with Crippen LogP contribution in [0.5, 0.6) is 0 Å². The minimum Gasteiger partial charge on any atom is -0.481 e. The molecule has 0 aliphatic carbocycles. The molecule has 0 unspecified atom stereocenters. The molecule has 0 aromatic heterocycles. The molecule has 1 aromatic carbocycles. The monoisotopic (exact) mass is 331 g/mol. The molecule has 5 nitrogen and oxygen atoms in total. The highest BCUT2D eigenvalue weighted by atomic mass is 35.5. The van der Waals surface area contributed by atoms with Gasteiger partial charge in [-0.05, 0) is 31.0 Å². The molecular weight excluding hydrogens is 317 g/mol. The lowest BCUT2D eigenvalue weighted by molar-refractivity contribution is -0.148. The van der Waals surface area contributed by atoms with Crippen LogP contribution < -0.4 is 5.32 Å². The maximum absolute atomic E-state index is 12.0. The lowest BCUT2D eigenvalue weighted by atomic mass is 9.96. The van der Waals surface area contributed by atoms with Crippen LogP contribution in [0.4, 0.5) is 5.69 Å². The van der Waals surface area contributed by atoms with Gasteiger partial charge in [0.1, 0.15) is 0 Å². The number of rotatable bonds is 5. The molecule has 1 fully saturated rings. The van der Waals surface area contributed by atoms with Gasteiger partial charge >= 0.3 is 5.97 Å². The molecular formula is C14H15Cl2NO4. The van der Waals surface area contributed by atoms with Gasteiger partial charge in [-0.25, -0.2) is 0 Å². The number of hydrogen-bond donors (Lipinski definition) is 2. The van der Waals surface area contributed by atoms with Crippen molar-refractivity contribution in [1.29, 1.82) is 0 Å². The standard InChI is InChI=1S/C14H15Cl2NO4/c15-8-3-4-11(10(16)6-8)17-13(18)7-9(14(19)20)12-2-1-5-21-12/h3-4,6,9,12H,1-2,5,7H2,(H,17,18)(H,19,20)/t9-,12+/m0/s1. The van der Waals surface area contributed by atoms with Gasteiger partial charge in [-0.3, -0.25) is 9.59 Å². The molecule has 2 atom stereocenters. The largest absolute Gasteiger partial charge is 0.481 e. The smallest absolute Gasteiger partial charge is 0.309 e. The Hall–Kier alpha value is -1.30. The zero-order chi connectivity index (χ0) is 15.4. The fraction of sp³-hybridized carbons (Fsp3) is 0.429. The number of carbonyl (C=O) groups is 2. The molecule has 114 valence electrons. The highest BCUT2D eigenvalue weighted by Crippen LogP contribution is 2.27. The Morgan fingerprint density at radius 2 is 2.19 bits per heavy atom. The van der Waals surface area contributed by atoms with Crippen molar-refractivity contribution in [2.24, 2.45) is 5.92 Å². The summed E-state index contributed by atoms with van der Waals surface area (Å²) in [4.78, 5) is 23.3. The number of carbonyl (C=O) groups excluding carboxylic acids is 1. The van der Waals surface area contributed by atoms with Crippen LogP contribution in [0.15, 0.2) is 18.2 Å². The van der Waals surface area contributed by atoms with Crippen molar-refractivity contribution < 1.29 is 19.4 Å². The SMILES string of the molecule is O=C(C[C@H](C(=O)O)[C@H]1CCCO1)Nc1ccc(Cl)cc1Cl. The number of aliphatic carboxylic acids is 1. The van der Waals surface area contributed by atoms with E-state index in [0.29, 0.717) is 28.8 Å². The number of ether oxygens (including phenoxy) is 1. The van der Waals surface area contributed by atoms with Gasteiger partial charge < -0.3 is 15.2 Å². The van der Waals surface area contributed by atoms with Gasteiger partial charge in [-0.15, -0.1) is 0 Å². The Balaban J connectivity index is 2.00. The van der Waals surface area contributed by atoms with Crippen LogP contribution in [0.25, 0.3) is 0 Å². The molecule has 0 saturated carbocycles. The van der Waals surface area contributed by atoms with Crippen molar-refractivity contribution in [3.05, 3.63) is 28.2 Å². The van der Waals surface area contributed by atoms with Crippen molar-refractivity contribution in [2.45, 2.75) is 25.4 Å². The van der Waals surface area contributed by atoms with E-state index >= 15 is 0 Å². The number of hydrogen-bond acceptors (Lipinski definition) is 3. The predicted octanol–water partition coefficient (Wildman–Crippen LogP) is 3.20. The third-order valence-corrected chi connectivity index (χ3v) is 3.89. The predicted molar refractivity (Wildman–Crippen MR) is 79.8 cm³/mol. The molecule has 2 N–H and O–H groups in total. The molecule has 21 heavy (non-hydrogen) atoms. The van der Waals surface area contributed by atoms with Gasteiger partial charge in [-0.2, -0.15) is 0 Å². The summed E-state index contributed by atoms with van der Waals surface area (Å²) in [7, 11) is 0. The van der Waals surface area contributed by atoms with E-state index in [9.17, 15) is 14.7 Å². The van der Waals surface area contributed by atoms with Gasteiger partial charge in [-0.1, -0.05) is 23.2 Å². The topological polar surface area (TPSA) is 75.6 Å². The Labute approximate surface area is 132 Å². The molecule has 0 spiro atoms. The number of carboxylic acid groups (broad SMARTS) is 1. The van der Waals surface area contributed by atoms with Gasteiger partial charge in [0.15, 0.2) is 0 Å². The second-order valence-electron chi connectivity index (χ2n) is 4.87. The van der Waals surface area contributed by atoms with Crippen LogP contribution >= 0.6 is 23.2 Å². The van der Waals surface area contributed by atoms with Gasteiger partial charge in [0, 0.05) is 18.1 Å². The van der Waals surface area contributed by atoms with E-state index in [2.05, 4.69) is 5.32 Å². The molecule has 0 bridgehead atoms. The molecule has 1 amide bonds. The summed E-state index contributed by atoms with van der Waals surface area (Å²) in [5, 5.41) is 12.6. The summed E-state index contributed by atoms with van der Waals surface area (Å²) in [6.07, 6.45) is 0.915. The Morgan fingerprint density at radius 3 is 2.76 bits per heavy atom. The molecule has 1 aromatic rings. The van der Waals surface area contributed by atoms with E-state index in [0.717, 1.165) is 6.42 Å². The summed E-state index contributed by atoms with van der Waals surface area (Å²) in [5.41, 5.74) is 0.405. The second kappa shape index (κ2) is 7.11. The maximum atomic E-state index is 12.0. The van der Waals surface area contributed by atoms with E-state index < -0.39 is 23.9 Å². The first kappa shape index (κ1) is 16.1. The summed E-state index contributed by atoms with van der Waals surface area (Å²) in [5.74, 6) is -2.29. The first-order valence-corrected chi connectivity index (χ1v) is 7.32. The highest BCUT2D eigenvalue weighted by Gasteiger charge is 2.33. The van der Waals surface area contributed by atoms with Crippen molar-refractivity contribution in [3.8, 4) is 0 Å². The average molecular weight is 332 g/mol. The minimum atomic E-state index is -1.03. The molecule has 7 heteroatoms. The van der Waals surface area contributed by atoms with Crippen molar-refractivity contribution >= 4 is 40.8 Å². The fourth-order valence-corrected chi connectivity index (χ4v) is 2.75. The van der Waals surface area contributed by atoms with Crippen molar-refractivity contribution in [2.75, 3.05) is 11.9 Å². The Bertz CT molecular complexity index is 544. The fourth-order valence-electron chi connectivity index (χ4n) is 2.29. The van der Waals surface area contributed by atoms with Crippen molar-refractivity contribution in [3.63, 3.8) is 0 Å². The number of amides is 1. The van der Waals surface area contributed by atoms with Gasteiger partial charge in [0.25, 0.3) is 0 Å². The number of nitrogens with one attached hydrogen (secondary N) is 1. The lowest BCUT2D eigenvalue weighted by Crippen LogP contribution is -2.31. The van der Waals surface area contributed by atoms with Crippen molar-refractivity contribution in [1.82, 2.24) is 0 Å². The normalized spacial score (nSPS) is 19.2. The van der Waals surface area contributed by atoms with Gasteiger partial charge in [0.05, 0.1) is 22.7 Å².